The van der Waals surface area contributed by atoms with Gasteiger partial charge in [-0.1, -0.05) is 66.3 Å². The normalized spacial score (nSPS) is 13.9. The van der Waals surface area contributed by atoms with Crippen LogP contribution in [-0.2, 0) is 0 Å². The van der Waals surface area contributed by atoms with Crippen LogP contribution in [0.4, 0.5) is 0 Å². The quantitative estimate of drug-likeness (QED) is 0.710. The van der Waals surface area contributed by atoms with Crippen LogP contribution in [-0.4, -0.2) is 5.78 Å². The van der Waals surface area contributed by atoms with Gasteiger partial charge in [-0.2, -0.15) is 0 Å². The van der Waals surface area contributed by atoms with Gasteiger partial charge in [-0.15, -0.1) is 0 Å². The minimum Gasteiger partial charge on any atom is -0.289 e. The van der Waals surface area contributed by atoms with E-state index in [0.29, 0.717) is 0 Å². The number of carbonyl (C=O) groups excluding carboxylic acids is 1. The Labute approximate surface area is 125 Å². The highest BCUT2D eigenvalue weighted by Crippen LogP contribution is 2.23. The van der Waals surface area contributed by atoms with Crippen LogP contribution in [0.25, 0.3) is 11.1 Å². The topological polar surface area (TPSA) is 17.1 Å². The van der Waals surface area contributed by atoms with Gasteiger partial charge >= 0.3 is 0 Å². The minimum atomic E-state index is 0.112. The predicted octanol–water partition coefficient (Wildman–Crippen LogP) is 5.12. The lowest BCUT2D eigenvalue weighted by atomic mass is 9.95. The predicted molar refractivity (Wildman–Crippen MR) is 87.4 cm³/mol. The average Bonchev–Trinajstić information content (AvgIpc) is 2.55. The molecule has 2 aromatic carbocycles. The summed E-state index contributed by atoms with van der Waals surface area (Å²) in [6.45, 7) is 2.08. The van der Waals surface area contributed by atoms with Crippen LogP contribution in [0.15, 0.2) is 72.3 Å². The number of benzene rings is 2. The molecule has 0 saturated heterocycles. The maximum atomic E-state index is 12.5. The van der Waals surface area contributed by atoms with Gasteiger partial charge in [0.2, 0.25) is 0 Å². The van der Waals surface area contributed by atoms with E-state index in [-0.39, 0.29) is 5.78 Å². The van der Waals surface area contributed by atoms with E-state index in [2.05, 4.69) is 37.3 Å². The Bertz CT molecular complexity index is 735. The SMILES string of the molecule is Cc1cccc(-c2cccc(C(=O)C3=CCCC=C3)c2)c1. The second kappa shape index (κ2) is 5.92. The van der Waals surface area contributed by atoms with Crippen LogP contribution in [0.1, 0.15) is 28.8 Å². The maximum Gasteiger partial charge on any atom is 0.192 e. The van der Waals surface area contributed by atoms with E-state index in [1.165, 1.54) is 5.56 Å². The zero-order chi connectivity index (χ0) is 14.7. The zero-order valence-corrected chi connectivity index (χ0v) is 12.2. The number of carbonyl (C=O) groups is 1. The number of allylic oxidation sites excluding steroid dienone is 4. The number of hydrogen-bond donors (Lipinski definition) is 0. The Morgan fingerprint density at radius 3 is 2.43 bits per heavy atom. The van der Waals surface area contributed by atoms with Gasteiger partial charge in [-0.05, 0) is 37.0 Å². The van der Waals surface area contributed by atoms with Gasteiger partial charge in [0.05, 0.1) is 0 Å². The lowest BCUT2D eigenvalue weighted by molar-refractivity contribution is 0.103. The smallest absolute Gasteiger partial charge is 0.192 e. The van der Waals surface area contributed by atoms with E-state index in [4.69, 9.17) is 0 Å². The van der Waals surface area contributed by atoms with Crippen LogP contribution in [0.2, 0.25) is 0 Å². The molecule has 0 amide bonds. The lowest BCUT2D eigenvalue weighted by Crippen LogP contribution is -2.03. The summed E-state index contributed by atoms with van der Waals surface area (Å²) in [5.74, 6) is 0.112. The molecule has 0 heterocycles. The first-order chi connectivity index (χ1) is 10.2. The summed E-state index contributed by atoms with van der Waals surface area (Å²) in [6.07, 6.45) is 8.01. The third-order valence-electron chi connectivity index (χ3n) is 3.73. The van der Waals surface area contributed by atoms with Crippen LogP contribution in [0, 0.1) is 6.92 Å². The number of ketones is 1. The van der Waals surface area contributed by atoms with Crippen molar-refractivity contribution >= 4 is 5.78 Å². The highest BCUT2D eigenvalue weighted by atomic mass is 16.1. The number of aryl methyl sites for hydroxylation is 1. The largest absolute Gasteiger partial charge is 0.289 e. The third-order valence-corrected chi connectivity index (χ3v) is 3.73. The number of Topliss-reactive ketones (excluding diaryl/α,β-unsaturated/α-hetero) is 1. The molecule has 0 saturated carbocycles. The molecule has 0 aromatic heterocycles. The standard InChI is InChI=1S/C20H18O/c1-15-7-5-10-17(13-15)18-11-6-12-19(14-18)20(21)16-8-3-2-4-9-16/h3,5-14H,2,4H2,1H3. The summed E-state index contributed by atoms with van der Waals surface area (Å²) in [7, 11) is 0. The van der Waals surface area contributed by atoms with Crippen molar-refractivity contribution < 1.29 is 4.79 Å². The van der Waals surface area contributed by atoms with Gasteiger partial charge < -0.3 is 0 Å². The van der Waals surface area contributed by atoms with E-state index >= 15 is 0 Å². The molecule has 0 fully saturated rings. The molecule has 0 unspecified atom stereocenters. The molecule has 1 nitrogen and oxygen atoms in total. The molecule has 21 heavy (non-hydrogen) atoms. The summed E-state index contributed by atoms with van der Waals surface area (Å²) in [4.78, 5) is 12.5. The molecule has 104 valence electrons. The van der Waals surface area contributed by atoms with Crippen LogP contribution in [0.5, 0.6) is 0 Å². The molecule has 1 aliphatic rings. The van der Waals surface area contributed by atoms with Crippen LogP contribution < -0.4 is 0 Å². The molecule has 0 spiro atoms. The minimum absolute atomic E-state index is 0.112. The Kier molecular flexibility index (Phi) is 3.83. The van der Waals surface area contributed by atoms with Crippen molar-refractivity contribution in [3.63, 3.8) is 0 Å². The van der Waals surface area contributed by atoms with Crippen LogP contribution in [0.3, 0.4) is 0 Å². The first-order valence-electron chi connectivity index (χ1n) is 7.32. The molecular weight excluding hydrogens is 256 g/mol. The molecule has 0 bridgehead atoms. The molecule has 2 aromatic rings. The summed E-state index contributed by atoms with van der Waals surface area (Å²) in [5, 5.41) is 0. The number of hydrogen-bond acceptors (Lipinski definition) is 1. The summed E-state index contributed by atoms with van der Waals surface area (Å²) in [5.41, 5.74) is 5.03. The van der Waals surface area contributed by atoms with Crippen molar-refractivity contribution in [1.29, 1.82) is 0 Å². The maximum absolute atomic E-state index is 12.5. The third kappa shape index (κ3) is 3.03. The fourth-order valence-corrected chi connectivity index (χ4v) is 2.61. The van der Waals surface area contributed by atoms with E-state index in [0.717, 1.165) is 35.1 Å². The van der Waals surface area contributed by atoms with Gasteiger partial charge in [0.1, 0.15) is 0 Å². The van der Waals surface area contributed by atoms with Crippen LogP contribution >= 0.6 is 0 Å². The monoisotopic (exact) mass is 274 g/mol. The molecule has 0 atom stereocenters. The van der Waals surface area contributed by atoms with E-state index < -0.39 is 0 Å². The van der Waals surface area contributed by atoms with Crippen molar-refractivity contribution in [3.8, 4) is 11.1 Å². The lowest BCUT2D eigenvalue weighted by Gasteiger charge is -2.08. The molecular formula is C20H18O. The Balaban J connectivity index is 1.95. The van der Waals surface area contributed by atoms with Crippen molar-refractivity contribution in [2.24, 2.45) is 0 Å². The first-order valence-corrected chi connectivity index (χ1v) is 7.32. The van der Waals surface area contributed by atoms with E-state index in [1.54, 1.807) is 0 Å². The molecule has 1 heteroatoms. The van der Waals surface area contributed by atoms with Gasteiger partial charge in [-0.3, -0.25) is 4.79 Å². The van der Waals surface area contributed by atoms with E-state index in [1.807, 2.05) is 36.4 Å². The fraction of sp³-hybridized carbons (Fsp3) is 0.150. The zero-order valence-electron chi connectivity index (χ0n) is 12.2. The molecule has 0 aliphatic heterocycles. The van der Waals surface area contributed by atoms with Crippen molar-refractivity contribution in [2.45, 2.75) is 19.8 Å². The van der Waals surface area contributed by atoms with Gasteiger partial charge in [0.25, 0.3) is 0 Å². The number of rotatable bonds is 3. The second-order valence-corrected chi connectivity index (χ2v) is 5.42. The molecule has 0 N–H and O–H groups in total. The Hall–Kier alpha value is -2.41. The van der Waals surface area contributed by atoms with E-state index in [9.17, 15) is 4.79 Å². The summed E-state index contributed by atoms with van der Waals surface area (Å²) in [6, 6.07) is 16.2. The Morgan fingerprint density at radius 1 is 0.952 bits per heavy atom. The summed E-state index contributed by atoms with van der Waals surface area (Å²) < 4.78 is 0. The van der Waals surface area contributed by atoms with Crippen molar-refractivity contribution in [3.05, 3.63) is 83.5 Å². The second-order valence-electron chi connectivity index (χ2n) is 5.42. The molecule has 1 aliphatic carbocycles. The Morgan fingerprint density at radius 2 is 1.71 bits per heavy atom. The highest BCUT2D eigenvalue weighted by molar-refractivity contribution is 6.11. The molecule has 3 rings (SSSR count). The van der Waals surface area contributed by atoms with Crippen molar-refractivity contribution in [2.75, 3.05) is 0 Å². The first kappa shape index (κ1) is 13.6. The summed E-state index contributed by atoms with van der Waals surface area (Å²) >= 11 is 0. The fourth-order valence-electron chi connectivity index (χ4n) is 2.61. The highest BCUT2D eigenvalue weighted by Gasteiger charge is 2.12. The van der Waals surface area contributed by atoms with Gasteiger partial charge in [-0.25, -0.2) is 0 Å². The van der Waals surface area contributed by atoms with Crippen molar-refractivity contribution in [1.82, 2.24) is 0 Å². The van der Waals surface area contributed by atoms with Gasteiger partial charge in [0, 0.05) is 11.1 Å². The van der Waals surface area contributed by atoms with Gasteiger partial charge in [0.15, 0.2) is 5.78 Å². The average molecular weight is 274 g/mol. The molecule has 0 radical (unpaired) electrons.